The Hall–Kier alpha value is -0.319. The minimum Gasteiger partial charge on any atom is -1.00 e. The van der Waals surface area contributed by atoms with Crippen LogP contribution in [0.15, 0.2) is 18.2 Å². The number of carbonyl (C=O) groups is 1. The van der Waals surface area contributed by atoms with Crippen LogP contribution < -0.4 is 30.0 Å². The van der Waals surface area contributed by atoms with Crippen molar-refractivity contribution in [3.63, 3.8) is 0 Å². The zero-order valence-corrected chi connectivity index (χ0v) is 25.7. The maximum absolute atomic E-state index is 12.9. The summed E-state index contributed by atoms with van der Waals surface area (Å²) >= 11 is 0. The third-order valence-electron chi connectivity index (χ3n) is 5.57. The number of carbonyl (C=O) groups excluding carboxylic acids is 1. The van der Waals surface area contributed by atoms with Gasteiger partial charge in [0, 0.05) is 5.56 Å². The van der Waals surface area contributed by atoms with Gasteiger partial charge in [0.1, 0.15) is 0 Å². The van der Waals surface area contributed by atoms with Crippen molar-refractivity contribution < 1.29 is 51.3 Å². The number of rotatable bonds is 3. The molecule has 2 radical (unpaired) electrons. The molecule has 0 unspecified atom stereocenters. The average molecular weight is 528 g/mol. The molecule has 0 atom stereocenters. The molecule has 0 aliphatic heterocycles. The molecule has 1 aromatic carbocycles. The summed E-state index contributed by atoms with van der Waals surface area (Å²) in [5, 5.41) is 1.17. The van der Waals surface area contributed by atoms with Crippen LogP contribution in [0.25, 0.3) is 11.3 Å². The molecule has 32 heavy (non-hydrogen) atoms. The van der Waals surface area contributed by atoms with E-state index >= 15 is 0 Å². The van der Waals surface area contributed by atoms with Crippen LogP contribution in [0.2, 0.25) is 13.1 Å². The fourth-order valence-corrected chi connectivity index (χ4v) is 6.42. The summed E-state index contributed by atoms with van der Waals surface area (Å²) in [4.78, 5) is 12.9. The maximum atomic E-state index is 12.9. The van der Waals surface area contributed by atoms with Gasteiger partial charge in [-0.25, -0.2) is 0 Å². The number of benzene rings is 1. The van der Waals surface area contributed by atoms with E-state index in [1.807, 2.05) is 0 Å². The summed E-state index contributed by atoms with van der Waals surface area (Å²) in [6, 6.07) is 0. The third kappa shape index (κ3) is 6.63. The van der Waals surface area contributed by atoms with Gasteiger partial charge in [-0.15, -0.1) is 0 Å². The Morgan fingerprint density at radius 1 is 0.844 bits per heavy atom. The molecule has 2 rings (SSSR count). The van der Waals surface area contributed by atoms with Crippen molar-refractivity contribution in [2.75, 3.05) is 0 Å². The van der Waals surface area contributed by atoms with E-state index in [9.17, 15) is 4.79 Å². The second-order valence-electron chi connectivity index (χ2n) is 11.7. The normalized spacial score (nSPS) is 13.8. The van der Waals surface area contributed by atoms with Gasteiger partial charge >= 0.3 is 21.7 Å². The first kappa shape index (κ1) is 33.9. The maximum Gasteiger partial charge on any atom is 3.00 e. The molecular weight excluding hydrogens is 489 g/mol. The Morgan fingerprint density at radius 3 is 1.56 bits per heavy atom. The minimum absolute atomic E-state index is 0. The van der Waals surface area contributed by atoms with Crippen LogP contribution in [0.1, 0.15) is 101 Å². The summed E-state index contributed by atoms with van der Waals surface area (Å²) in [5.41, 5.74) is 14.8. The average Bonchev–Trinajstić information content (AvgIpc) is 3.02. The summed E-state index contributed by atoms with van der Waals surface area (Å²) in [7, 11) is -0.977. The van der Waals surface area contributed by atoms with Crippen molar-refractivity contribution in [3.05, 3.63) is 51.8 Å². The summed E-state index contributed by atoms with van der Waals surface area (Å²) in [5.74, 6) is -0.533. The van der Waals surface area contributed by atoms with Crippen LogP contribution in [0.5, 0.6) is 0 Å². The number of hydrogen-bond acceptors (Lipinski definition) is 1. The third-order valence-corrected chi connectivity index (χ3v) is 7.07. The van der Waals surface area contributed by atoms with Crippen LogP contribution >= 0.6 is 0 Å². The first-order valence-electron chi connectivity index (χ1n) is 10.7. The predicted octanol–water partition coefficient (Wildman–Crippen LogP) is 1.08. The van der Waals surface area contributed by atoms with E-state index in [2.05, 4.69) is 93.6 Å². The van der Waals surface area contributed by atoms with Crippen LogP contribution in [-0.2, 0) is 38.0 Å². The van der Waals surface area contributed by atoms with Crippen LogP contribution in [0.3, 0.4) is 0 Å². The molecule has 0 aromatic heterocycles. The first-order valence-corrected chi connectivity index (χ1v) is 13.2. The Bertz CT molecular complexity index is 899. The van der Waals surface area contributed by atoms with Crippen molar-refractivity contribution in [2.24, 2.45) is 0 Å². The Balaban J connectivity index is 0. The number of allylic oxidation sites excluding steroid dienone is 4. The summed E-state index contributed by atoms with van der Waals surface area (Å²) in [6.45, 7) is 24.7. The van der Waals surface area contributed by atoms with Crippen molar-refractivity contribution in [1.82, 2.24) is 0 Å². The SMILES string of the molecule is C[Si](C)c1c(C([NH-])=O)c(C(C)(C)C)c(C2=CC=CC2)c(C(C)(C)C)c1C(C)(C)C.[Cl-].[Cl-].[Ti+3]. The molecule has 1 aliphatic rings. The zero-order chi connectivity index (χ0) is 22.5. The molecule has 1 aliphatic carbocycles. The first-order chi connectivity index (χ1) is 13.0. The fourth-order valence-electron chi connectivity index (χ4n) is 4.68. The van der Waals surface area contributed by atoms with Crippen molar-refractivity contribution in [3.8, 4) is 0 Å². The van der Waals surface area contributed by atoms with Gasteiger partial charge in [0.15, 0.2) is 0 Å². The number of halogens is 2. The number of nitrogens with one attached hydrogen (secondary N) is 1. The van der Waals surface area contributed by atoms with E-state index in [4.69, 9.17) is 5.73 Å². The quantitative estimate of drug-likeness (QED) is 0.542. The van der Waals surface area contributed by atoms with E-state index in [1.165, 1.54) is 27.5 Å². The van der Waals surface area contributed by atoms with Crippen LogP contribution in [-0.4, -0.2) is 14.7 Å². The van der Waals surface area contributed by atoms with Crippen molar-refractivity contribution >= 4 is 25.5 Å². The topological polar surface area (TPSA) is 40.9 Å². The smallest absolute Gasteiger partial charge is 1.00 e. The largest absolute Gasteiger partial charge is 3.00 e. The van der Waals surface area contributed by atoms with Gasteiger partial charge in [0.2, 0.25) is 0 Å². The van der Waals surface area contributed by atoms with Crippen molar-refractivity contribution in [1.29, 1.82) is 0 Å². The van der Waals surface area contributed by atoms with E-state index in [0.717, 1.165) is 12.0 Å². The second-order valence-corrected chi connectivity index (χ2v) is 14.2. The molecule has 0 spiro atoms. The number of amides is 1. The Kier molecular flexibility index (Phi) is 12.1. The molecule has 1 amide bonds. The standard InChI is InChI=1S/C26H40NOSi.2ClH.Ti/c1-24(2,3)19-17(16-14-12-13-15-16)20(25(4,5)6)21(26(7,8)9)22(29(10)11)18(19)23(27)28;;;/h12-14H,15H2,1-11H3,(H2,27,28);2*1H;/q;;;+3/p-3. The molecule has 176 valence electrons. The molecule has 1 aromatic rings. The molecular formula is C26H39Cl2NOSiTi. The molecule has 0 fully saturated rings. The van der Waals surface area contributed by atoms with Gasteiger partial charge in [-0.1, -0.05) is 93.6 Å². The van der Waals surface area contributed by atoms with E-state index in [0.29, 0.717) is 5.56 Å². The zero-order valence-electron chi connectivity index (χ0n) is 21.6. The van der Waals surface area contributed by atoms with E-state index < -0.39 is 14.7 Å². The minimum atomic E-state index is -0.977. The van der Waals surface area contributed by atoms with Gasteiger partial charge in [0.05, 0.1) is 14.7 Å². The molecule has 0 saturated carbocycles. The van der Waals surface area contributed by atoms with Gasteiger partial charge in [-0.3, -0.25) is 0 Å². The van der Waals surface area contributed by atoms with Crippen molar-refractivity contribution in [2.45, 2.75) is 98.1 Å². The summed E-state index contributed by atoms with van der Waals surface area (Å²) in [6.07, 6.45) is 7.40. The monoisotopic (exact) mass is 527 g/mol. The molecule has 0 heterocycles. The fraction of sp³-hybridized carbons (Fsp3) is 0.577. The molecule has 6 heteroatoms. The van der Waals surface area contributed by atoms with Gasteiger partial charge in [-0.2, -0.15) is 0 Å². The molecule has 1 N–H and O–H groups in total. The van der Waals surface area contributed by atoms with E-state index in [1.54, 1.807) is 0 Å². The second kappa shape index (κ2) is 11.4. The van der Waals surface area contributed by atoms with Gasteiger partial charge in [-0.05, 0) is 55.7 Å². The Morgan fingerprint density at radius 2 is 1.28 bits per heavy atom. The van der Waals surface area contributed by atoms with E-state index in [-0.39, 0.29) is 62.8 Å². The molecule has 0 bridgehead atoms. The van der Waals surface area contributed by atoms with Crippen LogP contribution in [0, 0.1) is 0 Å². The number of hydrogen-bond donors (Lipinski definition) is 0. The van der Waals surface area contributed by atoms with Gasteiger partial charge in [0.25, 0.3) is 0 Å². The summed E-state index contributed by atoms with van der Waals surface area (Å²) < 4.78 is 0. The predicted molar refractivity (Wildman–Crippen MR) is 130 cm³/mol. The van der Waals surface area contributed by atoms with Gasteiger partial charge < -0.3 is 35.3 Å². The molecule has 2 nitrogen and oxygen atoms in total. The Labute approximate surface area is 225 Å². The molecule has 0 saturated heterocycles. The van der Waals surface area contributed by atoms with Crippen LogP contribution in [0.4, 0.5) is 0 Å².